The lowest BCUT2D eigenvalue weighted by molar-refractivity contribution is -0.129. The summed E-state index contributed by atoms with van der Waals surface area (Å²) < 4.78 is 0. The van der Waals surface area contributed by atoms with Crippen LogP contribution in [0.25, 0.3) is 11.4 Å². The van der Waals surface area contributed by atoms with Gasteiger partial charge in [0.1, 0.15) is 5.82 Å². The minimum Gasteiger partial charge on any atom is -0.378 e. The van der Waals surface area contributed by atoms with Crippen LogP contribution in [0.3, 0.4) is 0 Å². The molecule has 0 saturated carbocycles. The monoisotopic (exact) mass is 322 g/mol. The van der Waals surface area contributed by atoms with Crippen molar-refractivity contribution in [3.8, 4) is 11.4 Å². The van der Waals surface area contributed by atoms with Crippen molar-refractivity contribution in [2.45, 2.75) is 19.6 Å². The Kier molecular flexibility index (Phi) is 4.67. The van der Waals surface area contributed by atoms with Gasteiger partial charge in [-0.3, -0.25) is 9.89 Å². The molecule has 24 heavy (non-hydrogen) atoms. The number of hydrogen-bond donors (Lipinski definition) is 3. The minimum atomic E-state index is -1.18. The second-order valence-corrected chi connectivity index (χ2v) is 5.48. The molecule has 0 fully saturated rings. The Morgan fingerprint density at radius 1 is 1.21 bits per heavy atom. The van der Waals surface area contributed by atoms with Crippen LogP contribution in [0.15, 0.2) is 54.6 Å². The van der Waals surface area contributed by atoms with E-state index in [1.807, 2.05) is 37.3 Å². The SMILES string of the molecule is Cc1nc(-c2cccc(CNC(=O)C(O)c3ccccc3)c2)n[nH]1. The van der Waals surface area contributed by atoms with Crippen LogP contribution in [0.1, 0.15) is 23.1 Å². The summed E-state index contributed by atoms with van der Waals surface area (Å²) in [4.78, 5) is 16.4. The standard InChI is InChI=1S/C18H18N4O2/c1-12-20-17(22-21-12)15-9-5-6-13(10-15)11-19-18(24)16(23)14-7-3-2-4-8-14/h2-10,16,23H,11H2,1H3,(H,19,24)(H,20,21,22). The first-order chi connectivity index (χ1) is 11.6. The molecule has 0 aliphatic carbocycles. The van der Waals surface area contributed by atoms with Gasteiger partial charge in [0, 0.05) is 12.1 Å². The van der Waals surface area contributed by atoms with E-state index in [0.717, 1.165) is 17.0 Å². The molecule has 1 aromatic heterocycles. The number of benzene rings is 2. The number of hydrogen-bond acceptors (Lipinski definition) is 4. The van der Waals surface area contributed by atoms with Gasteiger partial charge in [0.05, 0.1) is 0 Å². The highest BCUT2D eigenvalue weighted by atomic mass is 16.3. The Hall–Kier alpha value is -2.99. The summed E-state index contributed by atoms with van der Waals surface area (Å²) in [6.07, 6.45) is -1.18. The molecular weight excluding hydrogens is 304 g/mol. The number of nitrogens with zero attached hydrogens (tertiary/aromatic N) is 2. The molecule has 0 bridgehead atoms. The Morgan fingerprint density at radius 2 is 2.00 bits per heavy atom. The molecule has 3 aromatic rings. The maximum atomic E-state index is 12.1. The van der Waals surface area contributed by atoms with Gasteiger partial charge in [-0.1, -0.05) is 48.5 Å². The van der Waals surface area contributed by atoms with Crippen molar-refractivity contribution in [1.82, 2.24) is 20.5 Å². The van der Waals surface area contributed by atoms with Crippen molar-refractivity contribution in [3.05, 3.63) is 71.5 Å². The molecule has 1 atom stereocenters. The Morgan fingerprint density at radius 3 is 2.71 bits per heavy atom. The van der Waals surface area contributed by atoms with E-state index in [1.165, 1.54) is 0 Å². The molecule has 3 N–H and O–H groups in total. The minimum absolute atomic E-state index is 0.319. The van der Waals surface area contributed by atoms with Crippen LogP contribution >= 0.6 is 0 Å². The fourth-order valence-corrected chi connectivity index (χ4v) is 2.36. The van der Waals surface area contributed by atoms with Crippen molar-refractivity contribution in [2.24, 2.45) is 0 Å². The van der Waals surface area contributed by atoms with Crippen molar-refractivity contribution in [2.75, 3.05) is 0 Å². The summed E-state index contributed by atoms with van der Waals surface area (Å²) in [5.41, 5.74) is 2.35. The van der Waals surface area contributed by atoms with Gasteiger partial charge in [0.2, 0.25) is 0 Å². The Bertz CT molecular complexity index is 830. The van der Waals surface area contributed by atoms with Crippen molar-refractivity contribution >= 4 is 5.91 Å². The number of carbonyl (C=O) groups is 1. The molecule has 6 nitrogen and oxygen atoms in total. The van der Waals surface area contributed by atoms with E-state index < -0.39 is 12.0 Å². The maximum Gasteiger partial charge on any atom is 0.253 e. The maximum absolute atomic E-state index is 12.1. The van der Waals surface area contributed by atoms with E-state index in [1.54, 1.807) is 24.3 Å². The summed E-state index contributed by atoms with van der Waals surface area (Å²) in [6.45, 7) is 2.16. The zero-order valence-electron chi connectivity index (χ0n) is 13.2. The molecule has 0 aliphatic heterocycles. The van der Waals surface area contributed by atoms with E-state index in [0.29, 0.717) is 17.9 Å². The molecule has 1 heterocycles. The van der Waals surface area contributed by atoms with Crippen LogP contribution in [0.5, 0.6) is 0 Å². The smallest absolute Gasteiger partial charge is 0.253 e. The van der Waals surface area contributed by atoms with Crippen molar-refractivity contribution < 1.29 is 9.90 Å². The first-order valence-corrected chi connectivity index (χ1v) is 7.62. The van der Waals surface area contributed by atoms with E-state index in [4.69, 9.17) is 0 Å². The number of aromatic nitrogens is 3. The first-order valence-electron chi connectivity index (χ1n) is 7.62. The summed E-state index contributed by atoms with van der Waals surface area (Å²) in [6, 6.07) is 16.5. The third kappa shape index (κ3) is 3.67. The largest absolute Gasteiger partial charge is 0.378 e. The van der Waals surface area contributed by atoms with Gasteiger partial charge < -0.3 is 10.4 Å². The number of amides is 1. The number of carbonyl (C=O) groups excluding carboxylic acids is 1. The molecule has 0 radical (unpaired) electrons. The van der Waals surface area contributed by atoms with E-state index in [-0.39, 0.29) is 0 Å². The number of nitrogens with one attached hydrogen (secondary N) is 2. The average Bonchev–Trinajstić information content (AvgIpc) is 3.06. The van der Waals surface area contributed by atoms with Gasteiger partial charge in [-0.15, -0.1) is 0 Å². The molecule has 0 aliphatic rings. The zero-order chi connectivity index (χ0) is 16.9. The van der Waals surface area contributed by atoms with E-state index >= 15 is 0 Å². The van der Waals surface area contributed by atoms with Gasteiger partial charge >= 0.3 is 0 Å². The van der Waals surface area contributed by atoms with E-state index in [9.17, 15) is 9.90 Å². The van der Waals surface area contributed by atoms with Gasteiger partial charge in [-0.2, -0.15) is 5.10 Å². The Labute approximate surface area is 139 Å². The summed E-state index contributed by atoms with van der Waals surface area (Å²) in [5.74, 6) is 0.931. The molecule has 2 aromatic carbocycles. The van der Waals surface area contributed by atoms with Gasteiger partial charge in [-0.05, 0) is 24.1 Å². The fourth-order valence-electron chi connectivity index (χ4n) is 2.36. The lowest BCUT2D eigenvalue weighted by atomic mass is 10.1. The molecule has 0 spiro atoms. The number of rotatable bonds is 5. The summed E-state index contributed by atoms with van der Waals surface area (Å²) >= 11 is 0. The van der Waals surface area contributed by atoms with Crippen LogP contribution in [-0.2, 0) is 11.3 Å². The average molecular weight is 322 g/mol. The number of aliphatic hydroxyl groups excluding tert-OH is 1. The lowest BCUT2D eigenvalue weighted by Crippen LogP contribution is -2.28. The zero-order valence-corrected chi connectivity index (χ0v) is 13.2. The number of H-pyrrole nitrogens is 1. The van der Waals surface area contributed by atoms with Crippen molar-refractivity contribution in [1.29, 1.82) is 0 Å². The third-order valence-corrected chi connectivity index (χ3v) is 3.61. The van der Waals surface area contributed by atoms with Crippen LogP contribution in [0, 0.1) is 6.92 Å². The number of aliphatic hydroxyl groups is 1. The highest BCUT2D eigenvalue weighted by molar-refractivity contribution is 5.81. The van der Waals surface area contributed by atoms with Gasteiger partial charge in [-0.25, -0.2) is 4.98 Å². The Balaban J connectivity index is 1.65. The topological polar surface area (TPSA) is 90.9 Å². The van der Waals surface area contributed by atoms with E-state index in [2.05, 4.69) is 20.5 Å². The quantitative estimate of drug-likeness (QED) is 0.671. The highest BCUT2D eigenvalue weighted by Crippen LogP contribution is 2.17. The molecule has 122 valence electrons. The third-order valence-electron chi connectivity index (χ3n) is 3.61. The molecule has 1 unspecified atom stereocenters. The first kappa shape index (κ1) is 15.9. The fraction of sp³-hybridized carbons (Fsp3) is 0.167. The number of aromatic amines is 1. The molecule has 3 rings (SSSR count). The van der Waals surface area contributed by atoms with Crippen LogP contribution < -0.4 is 5.32 Å². The number of aryl methyl sites for hydroxylation is 1. The predicted molar refractivity (Wildman–Crippen MR) is 89.8 cm³/mol. The normalized spacial score (nSPS) is 11.9. The molecule has 6 heteroatoms. The van der Waals surface area contributed by atoms with Gasteiger partial charge in [0.15, 0.2) is 11.9 Å². The predicted octanol–water partition coefficient (Wildman–Crippen LogP) is 2.13. The lowest BCUT2D eigenvalue weighted by Gasteiger charge is -2.12. The molecule has 0 saturated heterocycles. The van der Waals surface area contributed by atoms with Crippen LogP contribution in [0.4, 0.5) is 0 Å². The van der Waals surface area contributed by atoms with Crippen LogP contribution in [0.2, 0.25) is 0 Å². The van der Waals surface area contributed by atoms with Gasteiger partial charge in [0.25, 0.3) is 5.91 Å². The molecule has 1 amide bonds. The van der Waals surface area contributed by atoms with Crippen LogP contribution in [-0.4, -0.2) is 26.2 Å². The summed E-state index contributed by atoms with van der Waals surface area (Å²) in [5, 5.41) is 19.7. The second kappa shape index (κ2) is 7.06. The second-order valence-electron chi connectivity index (χ2n) is 5.48. The summed E-state index contributed by atoms with van der Waals surface area (Å²) in [7, 11) is 0. The highest BCUT2D eigenvalue weighted by Gasteiger charge is 2.16. The van der Waals surface area contributed by atoms with Crippen molar-refractivity contribution in [3.63, 3.8) is 0 Å². The molecular formula is C18H18N4O2.